The van der Waals surface area contributed by atoms with Crippen molar-refractivity contribution in [2.75, 3.05) is 13.1 Å². The van der Waals surface area contributed by atoms with Crippen molar-refractivity contribution in [1.82, 2.24) is 10.2 Å². The van der Waals surface area contributed by atoms with Crippen LogP contribution in [0.4, 0.5) is 4.79 Å². The smallest absolute Gasteiger partial charge is 0.324 e. The van der Waals surface area contributed by atoms with E-state index in [1.807, 2.05) is 0 Å². The van der Waals surface area contributed by atoms with Crippen LogP contribution < -0.4 is 5.32 Å². The number of urea groups is 1. The Bertz CT molecular complexity index is 381. The normalized spacial score (nSPS) is 17.3. The molecule has 0 atom stereocenters. The van der Waals surface area contributed by atoms with Gasteiger partial charge in [-0.25, -0.2) is 4.79 Å². The van der Waals surface area contributed by atoms with Gasteiger partial charge in [-0.3, -0.25) is 14.9 Å². The summed E-state index contributed by atoms with van der Waals surface area (Å²) < 4.78 is 0. The zero-order valence-corrected chi connectivity index (χ0v) is 13.0. The molecule has 21 heavy (non-hydrogen) atoms. The van der Waals surface area contributed by atoms with Crippen molar-refractivity contribution in [3.05, 3.63) is 0 Å². The Kier molecular flexibility index (Phi) is 6.65. The number of hydrogen-bond donors (Lipinski definition) is 2. The van der Waals surface area contributed by atoms with Crippen molar-refractivity contribution < 1.29 is 19.5 Å². The van der Waals surface area contributed by atoms with Crippen LogP contribution in [-0.4, -0.2) is 41.0 Å². The lowest BCUT2D eigenvalue weighted by Crippen LogP contribution is -2.48. The van der Waals surface area contributed by atoms with Crippen LogP contribution in [0, 0.1) is 5.41 Å². The number of hydrogen-bond acceptors (Lipinski definition) is 3. The van der Waals surface area contributed by atoms with Crippen LogP contribution in [0.15, 0.2) is 0 Å². The quantitative estimate of drug-likeness (QED) is 0.788. The lowest BCUT2D eigenvalue weighted by Gasteiger charge is -2.40. The summed E-state index contributed by atoms with van der Waals surface area (Å²) in [5, 5.41) is 10.8. The van der Waals surface area contributed by atoms with Crippen molar-refractivity contribution in [3.8, 4) is 0 Å². The molecule has 0 bridgehead atoms. The molecule has 0 spiro atoms. The average Bonchev–Trinajstić information content (AvgIpc) is 2.46. The molecule has 1 aliphatic heterocycles. The molecule has 1 heterocycles. The average molecular weight is 298 g/mol. The van der Waals surface area contributed by atoms with Crippen LogP contribution >= 0.6 is 0 Å². The number of imide groups is 1. The van der Waals surface area contributed by atoms with Crippen molar-refractivity contribution in [3.63, 3.8) is 0 Å². The van der Waals surface area contributed by atoms with Crippen LogP contribution in [0.25, 0.3) is 0 Å². The molecule has 0 aromatic carbocycles. The van der Waals surface area contributed by atoms with Crippen LogP contribution in [0.5, 0.6) is 0 Å². The molecule has 0 saturated carbocycles. The third kappa shape index (κ3) is 5.36. The zero-order chi connectivity index (χ0) is 15.9. The Balaban J connectivity index is 2.34. The second-order valence-electron chi connectivity index (χ2n) is 5.79. The second-order valence-corrected chi connectivity index (χ2v) is 5.79. The van der Waals surface area contributed by atoms with Gasteiger partial charge in [0.05, 0.1) is 0 Å². The molecule has 6 nitrogen and oxygen atoms in total. The molecule has 0 unspecified atom stereocenters. The number of carbonyl (C=O) groups excluding carboxylic acids is 2. The van der Waals surface area contributed by atoms with E-state index in [0.29, 0.717) is 18.5 Å². The minimum absolute atomic E-state index is 0.0547. The fourth-order valence-corrected chi connectivity index (χ4v) is 2.80. The summed E-state index contributed by atoms with van der Waals surface area (Å²) in [6.07, 6.45) is 4.45. The van der Waals surface area contributed by atoms with Crippen LogP contribution in [-0.2, 0) is 9.59 Å². The first kappa shape index (κ1) is 17.5. The van der Waals surface area contributed by atoms with Gasteiger partial charge in [0.1, 0.15) is 0 Å². The molecule has 1 saturated heterocycles. The van der Waals surface area contributed by atoms with Gasteiger partial charge in [0.15, 0.2) is 0 Å². The minimum Gasteiger partial charge on any atom is -0.481 e. The van der Waals surface area contributed by atoms with E-state index >= 15 is 0 Å². The largest absolute Gasteiger partial charge is 0.481 e. The highest BCUT2D eigenvalue weighted by molar-refractivity contribution is 5.94. The maximum Gasteiger partial charge on any atom is 0.324 e. The fraction of sp³-hybridized carbons (Fsp3) is 0.800. The number of rotatable bonds is 6. The molecule has 0 aliphatic carbocycles. The number of carboxylic acids is 1. The number of aliphatic carboxylic acids is 1. The van der Waals surface area contributed by atoms with Crippen molar-refractivity contribution >= 4 is 17.9 Å². The van der Waals surface area contributed by atoms with E-state index in [-0.39, 0.29) is 25.3 Å². The first-order valence-electron chi connectivity index (χ1n) is 7.73. The standard InChI is InChI=1S/C15H26N2O4/c1-3-15(4-2)8-10-17(11-9-15)14(21)16-12(18)6-5-7-13(19)20/h3-11H2,1-2H3,(H,19,20)(H,16,18,21). The van der Waals surface area contributed by atoms with Crippen molar-refractivity contribution in [2.45, 2.75) is 58.8 Å². The SMILES string of the molecule is CCC1(CC)CCN(C(=O)NC(=O)CCCC(=O)O)CC1. The lowest BCUT2D eigenvalue weighted by molar-refractivity contribution is -0.137. The highest BCUT2D eigenvalue weighted by atomic mass is 16.4. The van der Waals surface area contributed by atoms with Gasteiger partial charge in [-0.2, -0.15) is 0 Å². The third-order valence-electron chi connectivity index (χ3n) is 4.65. The van der Waals surface area contributed by atoms with E-state index in [4.69, 9.17) is 5.11 Å². The molecule has 0 aromatic heterocycles. The molecule has 0 aromatic rings. The Hall–Kier alpha value is -1.59. The molecule has 3 amide bonds. The second kappa shape index (κ2) is 8.00. The summed E-state index contributed by atoms with van der Waals surface area (Å²) in [6, 6.07) is -0.351. The van der Waals surface area contributed by atoms with Crippen LogP contribution in [0.1, 0.15) is 58.8 Å². The molecule has 1 fully saturated rings. The summed E-state index contributed by atoms with van der Waals surface area (Å²) in [5.74, 6) is -1.33. The number of nitrogens with one attached hydrogen (secondary N) is 1. The predicted molar refractivity (Wildman–Crippen MR) is 78.8 cm³/mol. The number of nitrogens with zero attached hydrogens (tertiary/aromatic N) is 1. The predicted octanol–water partition coefficient (Wildman–Crippen LogP) is 2.38. The Labute approximate surface area is 125 Å². The number of carboxylic acid groups (broad SMARTS) is 1. The summed E-state index contributed by atoms with van der Waals surface area (Å²) in [5.41, 5.74) is 0.336. The lowest BCUT2D eigenvalue weighted by atomic mass is 9.74. The number of likely N-dealkylation sites (tertiary alicyclic amines) is 1. The molecule has 6 heteroatoms. The Morgan fingerprint density at radius 1 is 1.10 bits per heavy atom. The molecule has 0 radical (unpaired) electrons. The van der Waals surface area contributed by atoms with E-state index in [1.54, 1.807) is 4.90 Å². The maximum absolute atomic E-state index is 12.0. The van der Waals surface area contributed by atoms with Gasteiger partial charge in [-0.1, -0.05) is 26.7 Å². The zero-order valence-electron chi connectivity index (χ0n) is 13.0. The van der Waals surface area contributed by atoms with Gasteiger partial charge in [0.25, 0.3) is 0 Å². The van der Waals surface area contributed by atoms with Crippen LogP contribution in [0.2, 0.25) is 0 Å². The summed E-state index contributed by atoms with van der Waals surface area (Å²) in [6.45, 7) is 5.72. The summed E-state index contributed by atoms with van der Waals surface area (Å²) >= 11 is 0. The van der Waals surface area contributed by atoms with E-state index in [1.165, 1.54) is 0 Å². The fourth-order valence-electron chi connectivity index (χ4n) is 2.80. The monoisotopic (exact) mass is 298 g/mol. The third-order valence-corrected chi connectivity index (χ3v) is 4.65. The highest BCUT2D eigenvalue weighted by Gasteiger charge is 2.33. The van der Waals surface area contributed by atoms with Gasteiger partial charge in [-0.15, -0.1) is 0 Å². The summed E-state index contributed by atoms with van der Waals surface area (Å²) in [7, 11) is 0. The van der Waals surface area contributed by atoms with Gasteiger partial charge in [0, 0.05) is 25.9 Å². The van der Waals surface area contributed by atoms with E-state index in [0.717, 1.165) is 25.7 Å². The molecular weight excluding hydrogens is 272 g/mol. The van der Waals surface area contributed by atoms with E-state index < -0.39 is 11.9 Å². The number of carbonyl (C=O) groups is 3. The van der Waals surface area contributed by atoms with E-state index in [9.17, 15) is 14.4 Å². The minimum atomic E-state index is -0.930. The van der Waals surface area contributed by atoms with Gasteiger partial charge in [-0.05, 0) is 24.7 Å². The van der Waals surface area contributed by atoms with Gasteiger partial charge < -0.3 is 10.0 Å². The Morgan fingerprint density at radius 2 is 1.67 bits per heavy atom. The van der Waals surface area contributed by atoms with Gasteiger partial charge in [0.2, 0.25) is 5.91 Å². The molecule has 1 aliphatic rings. The van der Waals surface area contributed by atoms with Crippen molar-refractivity contribution in [2.24, 2.45) is 5.41 Å². The number of amides is 3. The maximum atomic E-state index is 12.0. The molecule has 1 rings (SSSR count). The Morgan fingerprint density at radius 3 is 2.14 bits per heavy atom. The first-order chi connectivity index (χ1) is 9.92. The van der Waals surface area contributed by atoms with E-state index in [2.05, 4.69) is 19.2 Å². The molecular formula is C15H26N2O4. The molecule has 2 N–H and O–H groups in total. The van der Waals surface area contributed by atoms with Gasteiger partial charge >= 0.3 is 12.0 Å². The summed E-state index contributed by atoms with van der Waals surface area (Å²) in [4.78, 5) is 35.6. The number of piperidine rings is 1. The van der Waals surface area contributed by atoms with Crippen LogP contribution in [0.3, 0.4) is 0 Å². The topological polar surface area (TPSA) is 86.7 Å². The molecule has 120 valence electrons. The first-order valence-corrected chi connectivity index (χ1v) is 7.73. The van der Waals surface area contributed by atoms with Crippen molar-refractivity contribution in [1.29, 1.82) is 0 Å². The highest BCUT2D eigenvalue weighted by Crippen LogP contribution is 2.37.